The van der Waals surface area contributed by atoms with E-state index in [1.165, 1.54) is 0 Å². The molecule has 2 aromatic rings. The molecule has 1 heterocycles. The number of aliphatic hydroxyl groups is 1. The van der Waals surface area contributed by atoms with Gasteiger partial charge in [0.25, 0.3) is 5.56 Å². The number of fused-ring (bicyclic) bond motifs is 1. The second-order valence-electron chi connectivity index (χ2n) is 6.26. The molecule has 6 nitrogen and oxygen atoms in total. The van der Waals surface area contributed by atoms with Crippen LogP contribution in [0.2, 0.25) is 5.02 Å². The summed E-state index contributed by atoms with van der Waals surface area (Å²) in [6, 6.07) is 6.92. The molecule has 0 fully saturated rings. The first-order valence-electron chi connectivity index (χ1n) is 7.79. The van der Waals surface area contributed by atoms with Crippen LogP contribution in [0.5, 0.6) is 0 Å². The van der Waals surface area contributed by atoms with Gasteiger partial charge in [0.15, 0.2) is 0 Å². The third-order valence-corrected chi connectivity index (χ3v) is 4.77. The number of H-pyrrole nitrogens is 2. The summed E-state index contributed by atoms with van der Waals surface area (Å²) in [5.74, 6) is -2.02. The van der Waals surface area contributed by atoms with Gasteiger partial charge >= 0.3 is 5.97 Å². The highest BCUT2D eigenvalue weighted by Crippen LogP contribution is 2.44. The molecule has 0 amide bonds. The number of rotatable bonds is 3. The van der Waals surface area contributed by atoms with E-state index in [9.17, 15) is 14.7 Å². The lowest BCUT2D eigenvalue weighted by molar-refractivity contribution is -0.159. The van der Waals surface area contributed by atoms with Crippen molar-refractivity contribution >= 4 is 17.6 Å². The summed E-state index contributed by atoms with van der Waals surface area (Å²) in [5, 5.41) is 16.8. The second kappa shape index (κ2) is 6.11. The molecule has 0 saturated heterocycles. The highest BCUT2D eigenvalue weighted by molar-refractivity contribution is 6.30. The molecule has 0 spiro atoms. The van der Waals surface area contributed by atoms with Crippen molar-refractivity contribution in [1.29, 1.82) is 0 Å². The molecule has 0 radical (unpaired) electrons. The van der Waals surface area contributed by atoms with Crippen LogP contribution in [0.3, 0.4) is 0 Å². The Morgan fingerprint density at radius 3 is 2.67 bits per heavy atom. The van der Waals surface area contributed by atoms with Crippen molar-refractivity contribution in [3.8, 4) is 0 Å². The number of benzene rings is 1. The average Bonchev–Trinajstić information content (AvgIpc) is 2.86. The first kappa shape index (κ1) is 16.8. The summed E-state index contributed by atoms with van der Waals surface area (Å²) in [6.45, 7) is 3.50. The van der Waals surface area contributed by atoms with E-state index >= 15 is 0 Å². The maximum atomic E-state index is 12.6. The summed E-state index contributed by atoms with van der Waals surface area (Å²) in [4.78, 5) is 24.9. The fraction of sp³-hybridized carbons (Fsp3) is 0.412. The normalized spacial score (nSPS) is 26.0. The highest BCUT2D eigenvalue weighted by Gasteiger charge is 2.51. The number of carbonyl (C=O) groups excluding carboxylic acids is 1. The van der Waals surface area contributed by atoms with Crippen molar-refractivity contribution in [3.05, 3.63) is 56.5 Å². The fourth-order valence-corrected chi connectivity index (χ4v) is 3.64. The van der Waals surface area contributed by atoms with Crippen LogP contribution in [-0.2, 0) is 16.0 Å². The standard InChI is InChI=1S/C17H19ClN2O4/c1-3-24-16(22)14-12(9-4-6-10(18)7-5-9)13-11(8-17(14,2)23)19-20-15(13)21/h4-7,12,14,23H,3,8H2,1-2H3,(H2,19,20,21)/t12-,14+,17+/m0/s1. The number of hydrogen-bond donors (Lipinski definition) is 3. The molecule has 24 heavy (non-hydrogen) atoms. The fourth-order valence-electron chi connectivity index (χ4n) is 3.52. The van der Waals surface area contributed by atoms with Gasteiger partial charge in [-0.25, -0.2) is 0 Å². The zero-order valence-corrected chi connectivity index (χ0v) is 14.2. The third kappa shape index (κ3) is 2.76. The Balaban J connectivity index is 2.20. The van der Waals surface area contributed by atoms with E-state index in [1.54, 1.807) is 38.1 Å². The Hall–Kier alpha value is -2.05. The molecule has 3 rings (SSSR count). The van der Waals surface area contributed by atoms with Crippen molar-refractivity contribution in [2.75, 3.05) is 6.61 Å². The molecular formula is C17H19ClN2O4. The van der Waals surface area contributed by atoms with Crippen molar-refractivity contribution in [3.63, 3.8) is 0 Å². The molecule has 3 N–H and O–H groups in total. The molecule has 1 aromatic carbocycles. The number of esters is 1. The maximum Gasteiger partial charge on any atom is 0.312 e. The highest BCUT2D eigenvalue weighted by atomic mass is 35.5. The molecule has 0 saturated carbocycles. The first-order valence-corrected chi connectivity index (χ1v) is 8.17. The van der Waals surface area contributed by atoms with Crippen LogP contribution in [0.1, 0.15) is 36.6 Å². The largest absolute Gasteiger partial charge is 0.466 e. The Kier molecular flexibility index (Phi) is 4.27. The summed E-state index contributed by atoms with van der Waals surface area (Å²) in [6.07, 6.45) is 0.161. The zero-order chi connectivity index (χ0) is 17.5. The predicted octanol–water partition coefficient (Wildman–Crippen LogP) is 1.97. The lowest BCUT2D eigenvalue weighted by Gasteiger charge is -2.40. The zero-order valence-electron chi connectivity index (χ0n) is 13.4. The number of aromatic nitrogens is 2. The Morgan fingerprint density at radius 1 is 1.38 bits per heavy atom. The Morgan fingerprint density at radius 2 is 2.04 bits per heavy atom. The first-order chi connectivity index (χ1) is 11.3. The van der Waals surface area contributed by atoms with Crippen LogP contribution in [0.25, 0.3) is 0 Å². The molecule has 0 aliphatic heterocycles. The summed E-state index contributed by atoms with van der Waals surface area (Å²) in [5.41, 5.74) is 0.139. The van der Waals surface area contributed by atoms with E-state index in [0.29, 0.717) is 16.3 Å². The number of halogens is 1. The monoisotopic (exact) mass is 350 g/mol. The van der Waals surface area contributed by atoms with Crippen LogP contribution in [0.4, 0.5) is 0 Å². The van der Waals surface area contributed by atoms with Gasteiger partial charge in [0.1, 0.15) is 0 Å². The van der Waals surface area contributed by atoms with Gasteiger partial charge in [0.2, 0.25) is 0 Å². The van der Waals surface area contributed by atoms with E-state index < -0.39 is 23.4 Å². The minimum Gasteiger partial charge on any atom is -0.466 e. The van der Waals surface area contributed by atoms with E-state index in [2.05, 4.69) is 10.2 Å². The minimum atomic E-state index is -1.35. The SMILES string of the molecule is CCOC(=O)[C@H]1[C@@H](c2ccc(Cl)cc2)c2c([nH][nH]c2=O)C[C@@]1(C)O. The smallest absolute Gasteiger partial charge is 0.312 e. The maximum absolute atomic E-state index is 12.6. The van der Waals surface area contributed by atoms with E-state index in [4.69, 9.17) is 16.3 Å². The van der Waals surface area contributed by atoms with Gasteiger partial charge < -0.3 is 14.9 Å². The number of ether oxygens (including phenoxy) is 1. The molecular weight excluding hydrogens is 332 g/mol. The van der Waals surface area contributed by atoms with Crippen LogP contribution >= 0.6 is 11.6 Å². The molecule has 3 atom stereocenters. The van der Waals surface area contributed by atoms with E-state index in [1.807, 2.05) is 0 Å². The van der Waals surface area contributed by atoms with Crippen molar-refractivity contribution in [2.45, 2.75) is 31.8 Å². The third-order valence-electron chi connectivity index (χ3n) is 4.52. The van der Waals surface area contributed by atoms with Crippen LogP contribution in [-0.4, -0.2) is 33.5 Å². The molecule has 7 heteroatoms. The molecule has 1 aromatic heterocycles. The average molecular weight is 351 g/mol. The minimum absolute atomic E-state index is 0.161. The lowest BCUT2D eigenvalue weighted by Crippen LogP contribution is -2.50. The van der Waals surface area contributed by atoms with Crippen LogP contribution in [0.15, 0.2) is 29.1 Å². The van der Waals surface area contributed by atoms with E-state index in [0.717, 1.165) is 5.56 Å². The van der Waals surface area contributed by atoms with Crippen LogP contribution < -0.4 is 5.56 Å². The predicted molar refractivity (Wildman–Crippen MR) is 89.2 cm³/mol. The van der Waals surface area contributed by atoms with Gasteiger partial charge in [-0.15, -0.1) is 0 Å². The van der Waals surface area contributed by atoms with E-state index in [-0.39, 0.29) is 18.6 Å². The topological polar surface area (TPSA) is 95.2 Å². The molecule has 1 aliphatic rings. The Labute approximate surface area is 143 Å². The number of carbonyl (C=O) groups is 1. The molecule has 0 bridgehead atoms. The second-order valence-corrected chi connectivity index (χ2v) is 6.70. The van der Waals surface area contributed by atoms with Gasteiger partial charge in [-0.3, -0.25) is 14.7 Å². The van der Waals surface area contributed by atoms with Gasteiger partial charge in [0.05, 0.1) is 18.1 Å². The summed E-state index contributed by atoms with van der Waals surface area (Å²) >= 11 is 5.95. The summed E-state index contributed by atoms with van der Waals surface area (Å²) in [7, 11) is 0. The van der Waals surface area contributed by atoms with Gasteiger partial charge in [0, 0.05) is 28.6 Å². The molecule has 1 aliphatic carbocycles. The number of hydrogen-bond acceptors (Lipinski definition) is 4. The quantitative estimate of drug-likeness (QED) is 0.737. The van der Waals surface area contributed by atoms with Crippen molar-refractivity contribution in [1.82, 2.24) is 10.2 Å². The van der Waals surface area contributed by atoms with Gasteiger partial charge in [-0.2, -0.15) is 0 Å². The van der Waals surface area contributed by atoms with Crippen LogP contribution in [0, 0.1) is 5.92 Å². The van der Waals surface area contributed by atoms with Gasteiger partial charge in [-0.05, 0) is 31.5 Å². The van der Waals surface area contributed by atoms with Crippen molar-refractivity contribution in [2.24, 2.45) is 5.92 Å². The summed E-state index contributed by atoms with van der Waals surface area (Å²) < 4.78 is 5.18. The number of aromatic amines is 2. The molecule has 0 unspecified atom stereocenters. The Bertz CT molecular complexity index is 807. The number of nitrogens with one attached hydrogen (secondary N) is 2. The molecule has 128 valence electrons. The lowest BCUT2D eigenvalue weighted by atomic mass is 9.66. The van der Waals surface area contributed by atoms with Crippen molar-refractivity contribution < 1.29 is 14.6 Å². The van der Waals surface area contributed by atoms with Gasteiger partial charge in [-0.1, -0.05) is 23.7 Å².